The van der Waals surface area contributed by atoms with Crippen molar-refractivity contribution in [3.05, 3.63) is 45.9 Å². The summed E-state index contributed by atoms with van der Waals surface area (Å²) in [5, 5.41) is 7.54. The van der Waals surface area contributed by atoms with Crippen LogP contribution in [0.3, 0.4) is 0 Å². The Labute approximate surface area is 139 Å². The van der Waals surface area contributed by atoms with Crippen LogP contribution >= 0.6 is 11.3 Å². The van der Waals surface area contributed by atoms with E-state index in [1.165, 1.54) is 15.3 Å². The Hall–Kier alpha value is -1.92. The first-order chi connectivity index (χ1) is 11.0. The monoisotopic (exact) mass is 331 g/mol. The Morgan fingerprint density at radius 1 is 1.30 bits per heavy atom. The lowest BCUT2D eigenvalue weighted by Gasteiger charge is -2.22. The standard InChI is InChI=1S/C17H21N3O2S/c1-10(2)16(14-7-11(3)23-12(14)4)18-8-15-19-17(20-22-15)13-5-6-21-9-13/h5-7,9-10,16,18H,8H2,1-4H3. The van der Waals surface area contributed by atoms with Crippen LogP contribution in [0.15, 0.2) is 33.6 Å². The summed E-state index contributed by atoms with van der Waals surface area (Å²) in [6.07, 6.45) is 3.20. The summed E-state index contributed by atoms with van der Waals surface area (Å²) in [5.41, 5.74) is 2.18. The molecule has 0 radical (unpaired) electrons. The molecule has 23 heavy (non-hydrogen) atoms. The van der Waals surface area contributed by atoms with Crippen molar-refractivity contribution in [1.29, 1.82) is 0 Å². The summed E-state index contributed by atoms with van der Waals surface area (Å²) in [4.78, 5) is 7.11. The Morgan fingerprint density at radius 2 is 2.13 bits per heavy atom. The Morgan fingerprint density at radius 3 is 2.74 bits per heavy atom. The number of furan rings is 1. The molecule has 122 valence electrons. The molecule has 3 aromatic heterocycles. The molecule has 3 rings (SSSR count). The van der Waals surface area contributed by atoms with Crippen molar-refractivity contribution < 1.29 is 8.94 Å². The highest BCUT2D eigenvalue weighted by molar-refractivity contribution is 7.12. The molecule has 0 aromatic carbocycles. The highest BCUT2D eigenvalue weighted by Crippen LogP contribution is 2.31. The maximum atomic E-state index is 5.33. The minimum absolute atomic E-state index is 0.268. The number of hydrogen-bond acceptors (Lipinski definition) is 6. The van der Waals surface area contributed by atoms with Crippen molar-refractivity contribution in [3.8, 4) is 11.4 Å². The van der Waals surface area contributed by atoms with Crippen LogP contribution in [0.2, 0.25) is 0 Å². The maximum Gasteiger partial charge on any atom is 0.240 e. The molecule has 3 aromatic rings. The number of rotatable bonds is 6. The Bertz CT molecular complexity index is 759. The Balaban J connectivity index is 1.71. The first-order valence-electron chi connectivity index (χ1n) is 7.70. The second kappa shape index (κ2) is 6.68. The predicted molar refractivity (Wildman–Crippen MR) is 90.2 cm³/mol. The highest BCUT2D eigenvalue weighted by Gasteiger charge is 2.20. The molecular weight excluding hydrogens is 310 g/mol. The third kappa shape index (κ3) is 3.54. The van der Waals surface area contributed by atoms with Crippen LogP contribution in [-0.4, -0.2) is 10.1 Å². The van der Waals surface area contributed by atoms with Gasteiger partial charge in [-0.25, -0.2) is 0 Å². The van der Waals surface area contributed by atoms with Crippen molar-refractivity contribution in [3.63, 3.8) is 0 Å². The topological polar surface area (TPSA) is 64.1 Å². The second-order valence-corrected chi connectivity index (χ2v) is 7.46. The zero-order valence-electron chi connectivity index (χ0n) is 13.8. The van der Waals surface area contributed by atoms with Gasteiger partial charge in [0.05, 0.1) is 18.4 Å². The van der Waals surface area contributed by atoms with E-state index in [0.29, 0.717) is 24.2 Å². The van der Waals surface area contributed by atoms with Crippen molar-refractivity contribution in [2.45, 2.75) is 40.3 Å². The first-order valence-corrected chi connectivity index (χ1v) is 8.51. The van der Waals surface area contributed by atoms with Crippen LogP contribution < -0.4 is 5.32 Å². The number of nitrogens with zero attached hydrogens (tertiary/aromatic N) is 2. The zero-order valence-corrected chi connectivity index (χ0v) is 14.6. The van der Waals surface area contributed by atoms with Gasteiger partial charge in [0, 0.05) is 15.8 Å². The fourth-order valence-corrected chi connectivity index (χ4v) is 3.67. The summed E-state index contributed by atoms with van der Waals surface area (Å²) in [6, 6.07) is 4.35. The Kier molecular flexibility index (Phi) is 4.63. The van der Waals surface area contributed by atoms with Crippen molar-refractivity contribution in [1.82, 2.24) is 15.5 Å². The van der Waals surface area contributed by atoms with Gasteiger partial charge < -0.3 is 14.3 Å². The zero-order chi connectivity index (χ0) is 16.4. The third-order valence-corrected chi connectivity index (χ3v) is 4.78. The van der Waals surface area contributed by atoms with Gasteiger partial charge in [-0.1, -0.05) is 19.0 Å². The fourth-order valence-electron chi connectivity index (χ4n) is 2.70. The molecule has 0 aliphatic carbocycles. The molecule has 0 bridgehead atoms. The molecule has 0 aliphatic heterocycles. The van der Waals surface area contributed by atoms with Crippen molar-refractivity contribution in [2.24, 2.45) is 5.92 Å². The van der Waals surface area contributed by atoms with Gasteiger partial charge in [0.25, 0.3) is 0 Å². The number of thiophene rings is 1. The summed E-state index contributed by atoms with van der Waals surface area (Å²) in [6.45, 7) is 9.30. The van der Waals surface area contributed by atoms with Crippen LogP contribution in [0, 0.1) is 19.8 Å². The average Bonchev–Trinajstić information content (AvgIpc) is 3.20. The lowest BCUT2D eigenvalue weighted by molar-refractivity contribution is 0.337. The van der Waals surface area contributed by atoms with E-state index < -0.39 is 0 Å². The van der Waals surface area contributed by atoms with Gasteiger partial charge in [-0.3, -0.25) is 0 Å². The molecule has 1 N–H and O–H groups in total. The fraction of sp³-hybridized carbons (Fsp3) is 0.412. The van der Waals surface area contributed by atoms with Gasteiger partial charge in [0.2, 0.25) is 11.7 Å². The van der Waals surface area contributed by atoms with Crippen LogP contribution in [0.25, 0.3) is 11.4 Å². The van der Waals surface area contributed by atoms with Crippen LogP contribution in [0.5, 0.6) is 0 Å². The minimum Gasteiger partial charge on any atom is -0.472 e. The van der Waals surface area contributed by atoms with Gasteiger partial charge in [-0.2, -0.15) is 4.98 Å². The molecule has 0 saturated carbocycles. The molecule has 0 spiro atoms. The number of hydrogen-bond donors (Lipinski definition) is 1. The highest BCUT2D eigenvalue weighted by atomic mass is 32.1. The van der Waals surface area contributed by atoms with Gasteiger partial charge in [-0.05, 0) is 37.5 Å². The molecular formula is C17H21N3O2S. The van der Waals surface area contributed by atoms with E-state index in [-0.39, 0.29) is 6.04 Å². The average molecular weight is 331 g/mol. The SMILES string of the molecule is Cc1cc(C(NCc2nc(-c3ccoc3)no2)C(C)C)c(C)s1. The van der Waals surface area contributed by atoms with E-state index in [2.05, 4.69) is 49.2 Å². The van der Waals surface area contributed by atoms with Crippen molar-refractivity contribution >= 4 is 11.3 Å². The van der Waals surface area contributed by atoms with Crippen LogP contribution in [0.4, 0.5) is 0 Å². The minimum atomic E-state index is 0.268. The number of nitrogens with one attached hydrogen (secondary N) is 1. The molecule has 0 aliphatic rings. The van der Waals surface area contributed by atoms with Gasteiger partial charge in [-0.15, -0.1) is 11.3 Å². The van der Waals surface area contributed by atoms with Crippen molar-refractivity contribution in [2.75, 3.05) is 0 Å². The van der Waals surface area contributed by atoms with E-state index in [1.54, 1.807) is 12.5 Å². The first kappa shape index (κ1) is 16.0. The molecule has 1 atom stereocenters. The van der Waals surface area contributed by atoms with E-state index in [4.69, 9.17) is 8.94 Å². The molecule has 6 heteroatoms. The largest absolute Gasteiger partial charge is 0.472 e. The van der Waals surface area contributed by atoms with E-state index in [9.17, 15) is 0 Å². The molecule has 0 amide bonds. The summed E-state index contributed by atoms with van der Waals surface area (Å²) < 4.78 is 10.4. The van der Waals surface area contributed by atoms with Gasteiger partial charge in [0.15, 0.2) is 0 Å². The molecule has 3 heterocycles. The third-order valence-electron chi connectivity index (χ3n) is 3.80. The van der Waals surface area contributed by atoms with E-state index in [0.717, 1.165) is 5.56 Å². The lowest BCUT2D eigenvalue weighted by atomic mass is 9.96. The lowest BCUT2D eigenvalue weighted by Crippen LogP contribution is -2.25. The van der Waals surface area contributed by atoms with E-state index >= 15 is 0 Å². The smallest absolute Gasteiger partial charge is 0.240 e. The predicted octanol–water partition coefficient (Wildman–Crippen LogP) is 4.49. The molecule has 0 fully saturated rings. The molecule has 1 unspecified atom stereocenters. The van der Waals surface area contributed by atoms with Gasteiger partial charge >= 0.3 is 0 Å². The summed E-state index contributed by atoms with van der Waals surface area (Å²) in [5.74, 6) is 1.61. The summed E-state index contributed by atoms with van der Waals surface area (Å²) in [7, 11) is 0. The quantitative estimate of drug-likeness (QED) is 0.720. The summed E-state index contributed by atoms with van der Waals surface area (Å²) >= 11 is 1.84. The van der Waals surface area contributed by atoms with Crippen LogP contribution in [-0.2, 0) is 6.54 Å². The normalized spacial score (nSPS) is 12.9. The number of aromatic nitrogens is 2. The molecule has 5 nitrogen and oxygen atoms in total. The molecule has 0 saturated heterocycles. The maximum absolute atomic E-state index is 5.33. The van der Waals surface area contributed by atoms with Gasteiger partial charge in [0.1, 0.15) is 6.26 Å². The van der Waals surface area contributed by atoms with Crippen LogP contribution in [0.1, 0.15) is 41.1 Å². The van der Waals surface area contributed by atoms with E-state index in [1.807, 2.05) is 17.4 Å². The number of aryl methyl sites for hydroxylation is 2. The second-order valence-electron chi connectivity index (χ2n) is 5.99.